The van der Waals surface area contributed by atoms with Gasteiger partial charge in [0.1, 0.15) is 22.3 Å². The van der Waals surface area contributed by atoms with Gasteiger partial charge in [0.25, 0.3) is 0 Å². The van der Waals surface area contributed by atoms with Gasteiger partial charge in [-0.05, 0) is 66.7 Å². The second-order valence-electron chi connectivity index (χ2n) is 16.3. The van der Waals surface area contributed by atoms with E-state index < -0.39 is 0 Å². The molecule has 7 heteroatoms. The molecule has 0 aliphatic heterocycles. The molecule has 5 heterocycles. The van der Waals surface area contributed by atoms with Gasteiger partial charge in [-0.1, -0.05) is 133 Å². The maximum absolute atomic E-state index is 6.46. The third-order valence-electron chi connectivity index (χ3n) is 12.8. The van der Waals surface area contributed by atoms with Crippen molar-refractivity contribution in [2.75, 3.05) is 0 Å². The fraction of sp³-hybridized carbons (Fsp3) is 0. The number of hydrogen-bond donors (Lipinski definition) is 0. The van der Waals surface area contributed by atoms with Crippen molar-refractivity contribution in [1.82, 2.24) is 24.1 Å². The molecule has 0 aliphatic carbocycles. The molecule has 9 aromatic carbocycles. The molecule has 14 aromatic rings. The van der Waals surface area contributed by atoms with E-state index in [0.29, 0.717) is 17.5 Å². The lowest BCUT2D eigenvalue weighted by Gasteiger charge is -2.17. The molecule has 0 saturated heterocycles. The van der Waals surface area contributed by atoms with Crippen LogP contribution in [-0.2, 0) is 0 Å². The zero-order valence-electron chi connectivity index (χ0n) is 34.1. The Balaban J connectivity index is 1.11. The Morgan fingerprint density at radius 1 is 0.312 bits per heavy atom. The molecule has 0 unspecified atom stereocenters. The van der Waals surface area contributed by atoms with Gasteiger partial charge in [-0.3, -0.25) is 0 Å². The summed E-state index contributed by atoms with van der Waals surface area (Å²) >= 11 is 0. The first-order chi connectivity index (χ1) is 31.7. The second kappa shape index (κ2) is 13.3. The number of rotatable bonds is 5. The first kappa shape index (κ1) is 34.9. The van der Waals surface area contributed by atoms with Crippen LogP contribution in [0.4, 0.5) is 0 Å². The fourth-order valence-corrected chi connectivity index (χ4v) is 10.1. The Morgan fingerprint density at radius 2 is 0.766 bits per heavy atom. The average Bonchev–Trinajstić information content (AvgIpc) is 4.12. The van der Waals surface area contributed by atoms with Crippen molar-refractivity contribution in [2.24, 2.45) is 0 Å². The van der Waals surface area contributed by atoms with E-state index in [1.165, 1.54) is 0 Å². The molecule has 0 saturated carbocycles. The summed E-state index contributed by atoms with van der Waals surface area (Å²) in [6.07, 6.45) is 0. The van der Waals surface area contributed by atoms with Gasteiger partial charge >= 0.3 is 0 Å². The summed E-state index contributed by atoms with van der Waals surface area (Å²) in [4.78, 5) is 15.8. The van der Waals surface area contributed by atoms with Gasteiger partial charge < -0.3 is 18.0 Å². The van der Waals surface area contributed by atoms with E-state index in [2.05, 4.69) is 149 Å². The standard InChI is InChI=1S/C57H33N5O2/c1-3-15-34(16-4-1)55-58-56(35-17-5-2-6-18-35)60-57(59-55)41-33-36(61-42-23-11-7-19-37(42)51-45(61)29-31-49-53(51)39-21-9-13-25-47(39)63-49)27-28-44(41)62-43-24-12-8-20-38(43)52-46(62)30-32-50-54(52)40-22-10-14-26-48(40)64-50/h1-33H. The van der Waals surface area contributed by atoms with Crippen molar-refractivity contribution >= 4 is 87.5 Å². The van der Waals surface area contributed by atoms with Crippen molar-refractivity contribution in [3.8, 4) is 45.5 Å². The van der Waals surface area contributed by atoms with Crippen LogP contribution in [0.3, 0.4) is 0 Å². The third-order valence-corrected chi connectivity index (χ3v) is 12.8. The minimum Gasteiger partial charge on any atom is -0.456 e. The molecule has 0 bridgehead atoms. The molecule has 64 heavy (non-hydrogen) atoms. The van der Waals surface area contributed by atoms with Crippen LogP contribution in [0, 0.1) is 0 Å². The van der Waals surface area contributed by atoms with Crippen LogP contribution in [0.5, 0.6) is 0 Å². The highest BCUT2D eigenvalue weighted by atomic mass is 16.3. The van der Waals surface area contributed by atoms with E-state index in [9.17, 15) is 0 Å². The molecule has 298 valence electrons. The van der Waals surface area contributed by atoms with Crippen LogP contribution in [0.2, 0.25) is 0 Å². The van der Waals surface area contributed by atoms with Crippen LogP contribution >= 0.6 is 0 Å². The highest BCUT2D eigenvalue weighted by molar-refractivity contribution is 6.28. The van der Waals surface area contributed by atoms with E-state index in [1.54, 1.807) is 0 Å². The third kappa shape index (κ3) is 5.00. The second-order valence-corrected chi connectivity index (χ2v) is 16.3. The molecule has 0 N–H and O–H groups in total. The van der Waals surface area contributed by atoms with Gasteiger partial charge in [0.05, 0.1) is 27.8 Å². The molecule has 14 rings (SSSR count). The first-order valence-corrected chi connectivity index (χ1v) is 21.4. The lowest BCUT2D eigenvalue weighted by molar-refractivity contribution is 0.669. The van der Waals surface area contributed by atoms with Crippen molar-refractivity contribution in [2.45, 2.75) is 0 Å². The summed E-state index contributed by atoms with van der Waals surface area (Å²) in [5.74, 6) is 1.76. The zero-order valence-corrected chi connectivity index (χ0v) is 34.1. The predicted molar refractivity (Wildman–Crippen MR) is 259 cm³/mol. The number of fused-ring (bicyclic) bond motifs is 14. The Labute approximate surface area is 364 Å². The minimum absolute atomic E-state index is 0.564. The largest absolute Gasteiger partial charge is 0.456 e. The highest BCUT2D eigenvalue weighted by Gasteiger charge is 2.24. The minimum atomic E-state index is 0.564. The van der Waals surface area contributed by atoms with E-state index in [4.69, 9.17) is 23.8 Å². The quantitative estimate of drug-likeness (QED) is 0.173. The Hall–Kier alpha value is -8.81. The zero-order chi connectivity index (χ0) is 41.9. The van der Waals surface area contributed by atoms with E-state index >= 15 is 0 Å². The van der Waals surface area contributed by atoms with Crippen LogP contribution < -0.4 is 0 Å². The lowest BCUT2D eigenvalue weighted by atomic mass is 10.1. The normalized spacial score (nSPS) is 12.1. The van der Waals surface area contributed by atoms with Gasteiger partial charge in [0.2, 0.25) is 0 Å². The van der Waals surface area contributed by atoms with E-state index in [-0.39, 0.29) is 0 Å². The molecule has 0 atom stereocenters. The number of nitrogens with zero attached hydrogens (tertiary/aromatic N) is 5. The van der Waals surface area contributed by atoms with Crippen molar-refractivity contribution in [1.29, 1.82) is 0 Å². The lowest BCUT2D eigenvalue weighted by Crippen LogP contribution is -2.05. The number of furan rings is 2. The molecule has 7 nitrogen and oxygen atoms in total. The predicted octanol–water partition coefficient (Wildman–Crippen LogP) is 14.9. The Morgan fingerprint density at radius 3 is 1.33 bits per heavy atom. The van der Waals surface area contributed by atoms with Crippen LogP contribution in [0.25, 0.3) is 133 Å². The Bertz CT molecular complexity index is 4140. The van der Waals surface area contributed by atoms with Gasteiger partial charge in [0.15, 0.2) is 17.5 Å². The summed E-state index contributed by atoms with van der Waals surface area (Å²) in [6.45, 7) is 0. The maximum Gasteiger partial charge on any atom is 0.166 e. The highest BCUT2D eigenvalue weighted by Crippen LogP contribution is 2.45. The van der Waals surface area contributed by atoms with Crippen molar-refractivity contribution in [3.63, 3.8) is 0 Å². The fourth-order valence-electron chi connectivity index (χ4n) is 10.1. The molecule has 0 aliphatic rings. The molecular formula is C57H33N5O2. The Kier molecular flexibility index (Phi) is 7.27. The number of benzene rings is 9. The van der Waals surface area contributed by atoms with Crippen LogP contribution in [-0.4, -0.2) is 24.1 Å². The van der Waals surface area contributed by atoms with Crippen molar-refractivity contribution in [3.05, 3.63) is 200 Å². The summed E-state index contributed by atoms with van der Waals surface area (Å²) in [5.41, 5.74) is 12.3. The molecule has 0 radical (unpaired) electrons. The van der Waals surface area contributed by atoms with E-state index in [1.807, 2.05) is 60.7 Å². The van der Waals surface area contributed by atoms with Gasteiger partial charge in [-0.15, -0.1) is 0 Å². The summed E-state index contributed by atoms with van der Waals surface area (Å²) in [7, 11) is 0. The summed E-state index contributed by atoms with van der Waals surface area (Å²) in [6, 6.07) is 69.5. The monoisotopic (exact) mass is 819 g/mol. The van der Waals surface area contributed by atoms with Gasteiger partial charge in [0, 0.05) is 65.5 Å². The molecule has 0 spiro atoms. The smallest absolute Gasteiger partial charge is 0.166 e. The first-order valence-electron chi connectivity index (χ1n) is 21.4. The van der Waals surface area contributed by atoms with Gasteiger partial charge in [-0.2, -0.15) is 0 Å². The SMILES string of the molecule is c1ccc(-c2nc(-c3ccccc3)nc(-c3cc(-n4c5ccccc5c5c6c(ccc54)oc4ccccc46)ccc3-n3c4ccccc4c4c5c(ccc43)oc3ccccc35)n2)cc1. The number of para-hydroxylation sites is 4. The van der Waals surface area contributed by atoms with Crippen molar-refractivity contribution < 1.29 is 8.83 Å². The van der Waals surface area contributed by atoms with E-state index in [0.717, 1.165) is 116 Å². The van der Waals surface area contributed by atoms with Gasteiger partial charge in [-0.25, -0.2) is 15.0 Å². The van der Waals surface area contributed by atoms with Crippen LogP contribution in [0.1, 0.15) is 0 Å². The summed E-state index contributed by atoms with van der Waals surface area (Å²) < 4.78 is 17.6. The molecule has 0 amide bonds. The number of aromatic nitrogens is 5. The number of hydrogen-bond acceptors (Lipinski definition) is 5. The molecule has 5 aromatic heterocycles. The average molecular weight is 820 g/mol. The summed E-state index contributed by atoms with van der Waals surface area (Å²) in [5, 5.41) is 8.97. The maximum atomic E-state index is 6.46. The van der Waals surface area contributed by atoms with Crippen LogP contribution in [0.15, 0.2) is 209 Å². The molecular weight excluding hydrogens is 787 g/mol. The molecule has 0 fully saturated rings. The topological polar surface area (TPSA) is 74.8 Å².